The highest BCUT2D eigenvalue weighted by atomic mass is 35.5. The van der Waals surface area contributed by atoms with Crippen molar-refractivity contribution in [3.63, 3.8) is 0 Å². The molecule has 0 spiro atoms. The predicted octanol–water partition coefficient (Wildman–Crippen LogP) is 4.52. The smallest absolute Gasteiger partial charge is 0.170 e. The van der Waals surface area contributed by atoms with Gasteiger partial charge >= 0.3 is 0 Å². The number of ketones is 5. The number of thiophene rings is 2. The van der Waals surface area contributed by atoms with E-state index in [1.165, 1.54) is 24.3 Å². The Balaban J connectivity index is 1.43. The van der Waals surface area contributed by atoms with Gasteiger partial charge in [0.25, 0.3) is 0 Å². The van der Waals surface area contributed by atoms with E-state index in [0.717, 1.165) is 35.2 Å². The first-order valence-corrected chi connectivity index (χ1v) is 20.2. The Bertz CT molecular complexity index is 1750. The van der Waals surface area contributed by atoms with Gasteiger partial charge in [0, 0.05) is 45.9 Å². The molecule has 4 aliphatic carbocycles. The molecule has 4 fully saturated rings. The molecule has 0 amide bonds. The molecule has 0 aromatic carbocycles. The number of Topliss-reactive ketones (excluding diaryl/α,β-unsaturated/α-hetero) is 5. The molecule has 4 aliphatic rings. The van der Waals surface area contributed by atoms with Gasteiger partial charge in [0.05, 0.1) is 20.5 Å². The minimum atomic E-state index is -4.16. The highest BCUT2D eigenvalue weighted by Gasteiger charge is 2.75. The van der Waals surface area contributed by atoms with Gasteiger partial charge in [-0.1, -0.05) is 23.2 Å². The van der Waals surface area contributed by atoms with Crippen LogP contribution in [-0.2, 0) is 53.1 Å². The fourth-order valence-corrected chi connectivity index (χ4v) is 14.0. The van der Waals surface area contributed by atoms with Gasteiger partial charge in [0.15, 0.2) is 40.7 Å². The van der Waals surface area contributed by atoms with Crippen molar-refractivity contribution in [2.75, 3.05) is 12.5 Å². The highest BCUT2D eigenvalue weighted by molar-refractivity contribution is 7.93. The maximum absolute atomic E-state index is 14.7. The Hall–Kier alpha value is -1.77. The summed E-state index contributed by atoms with van der Waals surface area (Å²) in [5.41, 5.74) is -3.17. The van der Waals surface area contributed by atoms with E-state index in [1.807, 2.05) is 0 Å². The number of carbonyl (C=O) groups excluding carboxylic acids is 5. The second-order valence-electron chi connectivity index (χ2n) is 12.6. The fourth-order valence-electron chi connectivity index (χ4n) is 7.72. The van der Waals surface area contributed by atoms with Gasteiger partial charge in [-0.25, -0.2) is 16.8 Å². The van der Waals surface area contributed by atoms with Crippen LogP contribution in [0.15, 0.2) is 24.3 Å². The molecule has 4 atom stereocenters. The minimum absolute atomic E-state index is 0.105. The largest absolute Gasteiger partial charge is 0.299 e. The number of rotatable bonds is 8. The third kappa shape index (κ3) is 4.28. The second kappa shape index (κ2) is 10.1. The number of hydrogen-bond acceptors (Lipinski definition) is 11. The summed E-state index contributed by atoms with van der Waals surface area (Å²) < 4.78 is 49.7. The van der Waals surface area contributed by atoms with Crippen molar-refractivity contribution in [2.24, 2.45) is 22.7 Å². The molecule has 0 radical (unpaired) electrons. The van der Waals surface area contributed by atoms with Crippen LogP contribution in [0, 0.1) is 22.7 Å². The van der Waals surface area contributed by atoms with Gasteiger partial charge in [-0.05, 0) is 62.8 Å². The van der Waals surface area contributed by atoms with E-state index in [1.54, 1.807) is 0 Å². The SMILES string of the molecule is CS(=O)(=O)C1(c2ccc(Cl)s2)CCC(=O)C(C2(C(=O)C3(C4C(=O)CCC(c5ccc(Cl)s5)(S(C)(=O)=O)C4=O)CC3)CC2)C1=O. The van der Waals surface area contributed by atoms with Crippen LogP contribution < -0.4 is 0 Å². The molecule has 0 bridgehead atoms. The molecule has 4 unspecified atom stereocenters. The Kier molecular flexibility index (Phi) is 7.40. The predicted molar refractivity (Wildman–Crippen MR) is 166 cm³/mol. The quantitative estimate of drug-likeness (QED) is 0.359. The van der Waals surface area contributed by atoms with E-state index in [2.05, 4.69) is 0 Å². The van der Waals surface area contributed by atoms with Crippen LogP contribution in [0.25, 0.3) is 0 Å². The number of sulfone groups is 2. The van der Waals surface area contributed by atoms with Crippen molar-refractivity contribution in [3.8, 4) is 0 Å². The molecule has 236 valence electrons. The zero-order valence-electron chi connectivity index (χ0n) is 23.7. The molecule has 0 aliphatic heterocycles. The Morgan fingerprint density at radius 2 is 1.00 bits per heavy atom. The summed E-state index contributed by atoms with van der Waals surface area (Å²) in [4.78, 5) is 70.7. The normalized spacial score (nSPS) is 31.6. The third-order valence-electron chi connectivity index (χ3n) is 10.2. The van der Waals surface area contributed by atoms with Gasteiger partial charge in [0.1, 0.15) is 17.3 Å². The Labute approximate surface area is 272 Å². The molecule has 2 aromatic rings. The zero-order valence-corrected chi connectivity index (χ0v) is 28.5. The van der Waals surface area contributed by atoms with Crippen LogP contribution in [-0.4, -0.2) is 58.3 Å². The molecular weight excluding hydrogens is 691 g/mol. The molecule has 9 nitrogen and oxygen atoms in total. The molecule has 15 heteroatoms. The van der Waals surface area contributed by atoms with Crippen molar-refractivity contribution < 1.29 is 40.8 Å². The summed E-state index contributed by atoms with van der Waals surface area (Å²) in [7, 11) is -8.31. The summed E-state index contributed by atoms with van der Waals surface area (Å²) >= 11 is 14.1. The summed E-state index contributed by atoms with van der Waals surface area (Å²) in [5, 5.41) is 0. The molecule has 0 N–H and O–H groups in total. The minimum Gasteiger partial charge on any atom is -0.299 e. The van der Waals surface area contributed by atoms with Crippen molar-refractivity contribution in [1.29, 1.82) is 0 Å². The lowest BCUT2D eigenvalue weighted by Gasteiger charge is -2.42. The average molecular weight is 720 g/mol. The standard InChI is InChI=1S/C29H28Cl2O9S4/c1-43(37,38)28(17-3-5-19(30)41-17)9-7-15(32)21(23(28)34)26(11-12-26)25(36)27(13-14-27)22-16(33)8-10-29(24(22)35,44(2,39)40)18-4-6-20(31)42-18/h3-6,21-22H,7-14H2,1-2H3. The first kappa shape index (κ1) is 32.2. The van der Waals surface area contributed by atoms with Gasteiger partial charge < -0.3 is 0 Å². The molecule has 6 rings (SSSR count). The lowest BCUT2D eigenvalue weighted by Crippen LogP contribution is -2.58. The second-order valence-corrected chi connectivity index (χ2v) is 20.5. The zero-order chi connectivity index (χ0) is 32.3. The van der Waals surface area contributed by atoms with Crippen LogP contribution in [0.2, 0.25) is 8.67 Å². The lowest BCUT2D eigenvalue weighted by atomic mass is 9.62. The summed E-state index contributed by atoms with van der Waals surface area (Å²) in [6, 6.07) is 5.84. The van der Waals surface area contributed by atoms with Crippen molar-refractivity contribution in [3.05, 3.63) is 42.7 Å². The van der Waals surface area contributed by atoms with Crippen LogP contribution >= 0.6 is 45.9 Å². The van der Waals surface area contributed by atoms with Gasteiger partial charge in [0.2, 0.25) is 0 Å². The number of halogens is 2. The average Bonchev–Trinajstić information content (AvgIpc) is 3.80. The molecule has 4 saturated carbocycles. The van der Waals surface area contributed by atoms with Gasteiger partial charge in [-0.2, -0.15) is 0 Å². The van der Waals surface area contributed by atoms with Crippen molar-refractivity contribution in [2.45, 2.75) is 60.9 Å². The van der Waals surface area contributed by atoms with Crippen LogP contribution in [0.1, 0.15) is 61.1 Å². The van der Waals surface area contributed by atoms with E-state index in [9.17, 15) is 40.8 Å². The lowest BCUT2D eigenvalue weighted by molar-refractivity contribution is -0.152. The first-order chi connectivity index (χ1) is 20.4. The van der Waals surface area contributed by atoms with E-state index in [0.29, 0.717) is 0 Å². The Morgan fingerprint density at radius 1 is 0.659 bits per heavy atom. The maximum atomic E-state index is 14.7. The summed E-state index contributed by atoms with van der Waals surface area (Å²) in [6.07, 6.45) is 1.17. The maximum Gasteiger partial charge on any atom is 0.170 e. The van der Waals surface area contributed by atoms with Crippen molar-refractivity contribution >= 4 is 94.5 Å². The molecular formula is C29H28Cl2O9S4. The van der Waals surface area contributed by atoms with E-state index in [4.69, 9.17) is 23.2 Å². The van der Waals surface area contributed by atoms with E-state index in [-0.39, 0.29) is 69.8 Å². The van der Waals surface area contributed by atoms with E-state index >= 15 is 0 Å². The summed E-state index contributed by atoms with van der Waals surface area (Å²) in [5.74, 6) is -6.67. The first-order valence-electron chi connectivity index (χ1n) is 14.0. The van der Waals surface area contributed by atoms with E-state index < -0.39 is 80.8 Å². The molecule has 2 heterocycles. The molecule has 2 aromatic heterocycles. The van der Waals surface area contributed by atoms with Crippen LogP contribution in [0.5, 0.6) is 0 Å². The summed E-state index contributed by atoms with van der Waals surface area (Å²) in [6.45, 7) is 0. The monoisotopic (exact) mass is 718 g/mol. The van der Waals surface area contributed by atoms with Gasteiger partial charge in [-0.15, -0.1) is 22.7 Å². The van der Waals surface area contributed by atoms with Crippen LogP contribution in [0.4, 0.5) is 0 Å². The highest BCUT2D eigenvalue weighted by Crippen LogP contribution is 2.68. The molecule has 0 saturated heterocycles. The topological polar surface area (TPSA) is 154 Å². The number of hydrogen-bond donors (Lipinski definition) is 0. The van der Waals surface area contributed by atoms with Crippen molar-refractivity contribution in [1.82, 2.24) is 0 Å². The Morgan fingerprint density at radius 3 is 1.25 bits per heavy atom. The fraction of sp³-hybridized carbons (Fsp3) is 0.552. The number of carbonyl (C=O) groups is 5. The van der Waals surface area contributed by atoms with Gasteiger partial charge in [-0.3, -0.25) is 24.0 Å². The third-order valence-corrected chi connectivity index (χ3v) is 17.0. The molecule has 44 heavy (non-hydrogen) atoms. The van der Waals surface area contributed by atoms with Crippen LogP contribution in [0.3, 0.4) is 0 Å².